The van der Waals surface area contributed by atoms with E-state index in [-0.39, 0.29) is 6.61 Å². The van der Waals surface area contributed by atoms with Crippen LogP contribution in [0.15, 0.2) is 21.3 Å². The van der Waals surface area contributed by atoms with Crippen LogP contribution in [-0.4, -0.2) is 23.7 Å². The van der Waals surface area contributed by atoms with Crippen LogP contribution in [0.2, 0.25) is 0 Å². The van der Waals surface area contributed by atoms with E-state index >= 15 is 0 Å². The molecule has 0 aliphatic carbocycles. The summed E-state index contributed by atoms with van der Waals surface area (Å²) in [5, 5.41) is 8.56. The van der Waals surface area contributed by atoms with Crippen LogP contribution in [-0.2, 0) is 4.74 Å². The minimum Gasteiger partial charge on any atom is -0.475 e. The number of esters is 1. The molecule has 0 aromatic carbocycles. The van der Waals surface area contributed by atoms with Gasteiger partial charge in [0.05, 0.1) is 6.61 Å². The number of carbonyl (C=O) groups excluding carboxylic acids is 1. The van der Waals surface area contributed by atoms with Gasteiger partial charge in [0.2, 0.25) is 11.5 Å². The number of aromatic carboxylic acids is 1. The van der Waals surface area contributed by atoms with Crippen LogP contribution >= 0.6 is 0 Å². The van der Waals surface area contributed by atoms with Crippen molar-refractivity contribution in [3.05, 3.63) is 33.9 Å². The SMILES string of the molecule is CCOC(=O)c1cc(=O)cc(C(=O)O)o1. The van der Waals surface area contributed by atoms with Gasteiger partial charge in [-0.3, -0.25) is 4.79 Å². The molecule has 80 valence electrons. The molecule has 0 amide bonds. The van der Waals surface area contributed by atoms with Crippen molar-refractivity contribution in [1.29, 1.82) is 0 Å². The molecule has 1 aromatic rings. The summed E-state index contributed by atoms with van der Waals surface area (Å²) in [5.41, 5.74) is -0.623. The minimum absolute atomic E-state index is 0.111. The van der Waals surface area contributed by atoms with Crippen molar-refractivity contribution in [2.24, 2.45) is 0 Å². The highest BCUT2D eigenvalue weighted by Gasteiger charge is 2.15. The van der Waals surface area contributed by atoms with Gasteiger partial charge in [0.25, 0.3) is 0 Å². The Kier molecular flexibility index (Phi) is 3.22. The summed E-state index contributed by atoms with van der Waals surface area (Å²) < 4.78 is 9.21. The summed E-state index contributed by atoms with van der Waals surface area (Å²) in [6, 6.07) is 1.66. The number of hydrogen-bond acceptors (Lipinski definition) is 5. The van der Waals surface area contributed by atoms with Gasteiger partial charge >= 0.3 is 11.9 Å². The quantitative estimate of drug-likeness (QED) is 0.734. The van der Waals surface area contributed by atoms with Gasteiger partial charge in [0.15, 0.2) is 5.43 Å². The number of carboxylic acids is 1. The third kappa shape index (κ3) is 2.67. The Hall–Kier alpha value is -2.11. The Labute approximate surface area is 84.1 Å². The average molecular weight is 212 g/mol. The van der Waals surface area contributed by atoms with Crippen LogP contribution in [0.1, 0.15) is 28.0 Å². The van der Waals surface area contributed by atoms with E-state index in [0.717, 1.165) is 12.1 Å². The number of carboxylic acid groups (broad SMARTS) is 1. The zero-order chi connectivity index (χ0) is 11.4. The molecular weight excluding hydrogens is 204 g/mol. The Morgan fingerprint density at radius 1 is 1.40 bits per heavy atom. The molecule has 0 aliphatic rings. The van der Waals surface area contributed by atoms with Crippen LogP contribution in [0.5, 0.6) is 0 Å². The molecule has 1 N–H and O–H groups in total. The summed E-state index contributed by atoms with van der Waals surface area (Å²) in [4.78, 5) is 32.6. The maximum absolute atomic E-state index is 11.1. The third-order valence-electron chi connectivity index (χ3n) is 1.45. The average Bonchev–Trinajstić information content (AvgIpc) is 2.17. The van der Waals surface area contributed by atoms with Crippen LogP contribution in [0.25, 0.3) is 0 Å². The molecule has 1 aromatic heterocycles. The molecule has 0 spiro atoms. The van der Waals surface area contributed by atoms with E-state index < -0.39 is 28.9 Å². The molecule has 0 unspecified atom stereocenters. The van der Waals surface area contributed by atoms with Crippen molar-refractivity contribution in [3.63, 3.8) is 0 Å². The molecule has 0 saturated carbocycles. The standard InChI is InChI=1S/C9H8O6/c1-2-14-9(13)7-4-5(10)3-6(15-7)8(11)12/h3-4H,2H2,1H3,(H,11,12). The molecular formula is C9H8O6. The predicted octanol–water partition coefficient (Wildman–Crippen LogP) is 0.515. The smallest absolute Gasteiger partial charge is 0.374 e. The number of hydrogen-bond donors (Lipinski definition) is 1. The normalized spacial score (nSPS) is 9.67. The van der Waals surface area contributed by atoms with Gasteiger partial charge in [-0.25, -0.2) is 9.59 Å². The van der Waals surface area contributed by atoms with Gasteiger partial charge in [-0.2, -0.15) is 0 Å². The van der Waals surface area contributed by atoms with E-state index in [1.807, 2.05) is 0 Å². The molecule has 15 heavy (non-hydrogen) atoms. The van der Waals surface area contributed by atoms with E-state index in [4.69, 9.17) is 5.11 Å². The van der Waals surface area contributed by atoms with Crippen molar-refractivity contribution in [3.8, 4) is 0 Å². The maximum Gasteiger partial charge on any atom is 0.374 e. The lowest BCUT2D eigenvalue weighted by atomic mass is 10.3. The number of rotatable bonds is 3. The van der Waals surface area contributed by atoms with Gasteiger partial charge < -0.3 is 14.3 Å². The Morgan fingerprint density at radius 2 is 2.00 bits per heavy atom. The van der Waals surface area contributed by atoms with E-state index in [1.165, 1.54) is 0 Å². The Bertz CT molecular complexity index is 444. The van der Waals surface area contributed by atoms with Gasteiger partial charge in [-0.15, -0.1) is 0 Å². The first-order valence-electron chi connectivity index (χ1n) is 4.10. The third-order valence-corrected chi connectivity index (χ3v) is 1.45. The summed E-state index contributed by atoms with van der Waals surface area (Å²) >= 11 is 0. The summed E-state index contributed by atoms with van der Waals surface area (Å²) in [6.45, 7) is 1.69. The molecule has 0 fully saturated rings. The topological polar surface area (TPSA) is 93.8 Å². The monoisotopic (exact) mass is 212 g/mol. The molecule has 1 rings (SSSR count). The van der Waals surface area contributed by atoms with Gasteiger partial charge in [-0.1, -0.05) is 0 Å². The number of ether oxygens (including phenoxy) is 1. The van der Waals surface area contributed by atoms with E-state index in [0.29, 0.717) is 0 Å². The van der Waals surface area contributed by atoms with Crippen molar-refractivity contribution < 1.29 is 23.8 Å². The van der Waals surface area contributed by atoms with Gasteiger partial charge in [0.1, 0.15) is 0 Å². The lowest BCUT2D eigenvalue weighted by Crippen LogP contribution is -2.12. The lowest BCUT2D eigenvalue weighted by Gasteiger charge is -2.00. The fourth-order valence-electron chi connectivity index (χ4n) is 0.886. The van der Waals surface area contributed by atoms with Crippen molar-refractivity contribution in [2.75, 3.05) is 6.61 Å². The largest absolute Gasteiger partial charge is 0.475 e. The summed E-state index contributed by atoms with van der Waals surface area (Å²) in [6.07, 6.45) is 0. The molecule has 0 bridgehead atoms. The molecule has 0 aliphatic heterocycles. The van der Waals surface area contributed by atoms with E-state index in [2.05, 4.69) is 9.15 Å². The highest BCUT2D eigenvalue weighted by molar-refractivity contribution is 5.88. The fraction of sp³-hybridized carbons (Fsp3) is 0.222. The Morgan fingerprint density at radius 3 is 2.53 bits per heavy atom. The molecule has 6 heteroatoms. The second-order valence-electron chi connectivity index (χ2n) is 2.55. The molecule has 1 heterocycles. The maximum atomic E-state index is 11.1. The first-order valence-corrected chi connectivity index (χ1v) is 4.10. The Balaban J connectivity index is 3.14. The predicted molar refractivity (Wildman–Crippen MR) is 47.9 cm³/mol. The molecule has 0 atom stereocenters. The zero-order valence-electron chi connectivity index (χ0n) is 7.85. The van der Waals surface area contributed by atoms with Gasteiger partial charge in [0, 0.05) is 12.1 Å². The van der Waals surface area contributed by atoms with Crippen LogP contribution < -0.4 is 5.43 Å². The lowest BCUT2D eigenvalue weighted by molar-refractivity contribution is 0.0479. The van der Waals surface area contributed by atoms with Crippen LogP contribution in [0.3, 0.4) is 0 Å². The van der Waals surface area contributed by atoms with Crippen molar-refractivity contribution in [2.45, 2.75) is 6.92 Å². The summed E-state index contributed by atoms with van der Waals surface area (Å²) in [5.74, 6) is -3.29. The molecule has 0 radical (unpaired) electrons. The van der Waals surface area contributed by atoms with E-state index in [9.17, 15) is 14.4 Å². The highest BCUT2D eigenvalue weighted by atomic mass is 16.5. The second-order valence-corrected chi connectivity index (χ2v) is 2.55. The van der Waals surface area contributed by atoms with Crippen molar-refractivity contribution >= 4 is 11.9 Å². The van der Waals surface area contributed by atoms with E-state index in [1.54, 1.807) is 6.92 Å². The number of carbonyl (C=O) groups is 2. The summed E-state index contributed by atoms with van der Waals surface area (Å²) in [7, 11) is 0. The highest BCUT2D eigenvalue weighted by Crippen LogP contribution is 2.03. The minimum atomic E-state index is -1.42. The van der Waals surface area contributed by atoms with Gasteiger partial charge in [-0.05, 0) is 6.92 Å². The fourth-order valence-corrected chi connectivity index (χ4v) is 0.886. The second kappa shape index (κ2) is 4.41. The van der Waals surface area contributed by atoms with Crippen LogP contribution in [0.4, 0.5) is 0 Å². The first kappa shape index (κ1) is 11.0. The molecule has 6 nitrogen and oxygen atoms in total. The van der Waals surface area contributed by atoms with Crippen LogP contribution in [0, 0.1) is 0 Å². The zero-order valence-corrected chi connectivity index (χ0v) is 7.85. The first-order chi connectivity index (χ1) is 7.04. The van der Waals surface area contributed by atoms with Crippen molar-refractivity contribution in [1.82, 2.24) is 0 Å². The molecule has 0 saturated heterocycles.